The quantitative estimate of drug-likeness (QED) is 0.0261. The van der Waals surface area contributed by atoms with Crippen LogP contribution in [0.25, 0.3) is 0 Å². The van der Waals surface area contributed by atoms with E-state index >= 15 is 0 Å². The van der Waals surface area contributed by atoms with Crippen molar-refractivity contribution in [2.45, 2.75) is 239 Å². The third-order valence-electron chi connectivity index (χ3n) is 11.1. The summed E-state index contributed by atoms with van der Waals surface area (Å²) in [7, 11) is 1.42. The van der Waals surface area contributed by atoms with E-state index in [9.17, 15) is 14.3 Å². The number of carbonyl (C=O) groups is 1. The van der Waals surface area contributed by atoms with Gasteiger partial charge < -0.3 is 27.9 Å². The average Bonchev–Trinajstić information content (AvgIpc) is 3.15. The molecule has 0 aliphatic carbocycles. The number of nitrogens with zero attached hydrogens (tertiary/aromatic N) is 1. The SMILES string of the molecule is CCCCCCCCCCCCCCCCCO[C@H](COC(=O)C(CCCCC)CCCCCCCCCCCCCCC)COP(=O)([O-])OCC[N+](C)(C)C. The lowest BCUT2D eigenvalue weighted by Gasteiger charge is -2.28. The fraction of sp³-hybridized carbons (Fsp3) is 0.979. The van der Waals surface area contributed by atoms with Crippen LogP contribution in [0.1, 0.15) is 233 Å². The Morgan fingerprint density at radius 1 is 0.500 bits per heavy atom. The van der Waals surface area contributed by atoms with E-state index in [1.807, 2.05) is 21.1 Å². The summed E-state index contributed by atoms with van der Waals surface area (Å²) in [5.74, 6) is -0.319. The third-order valence-corrected chi connectivity index (χ3v) is 12.1. The third kappa shape index (κ3) is 40.3. The molecule has 0 aliphatic heterocycles. The second-order valence-electron chi connectivity index (χ2n) is 17.9. The summed E-state index contributed by atoms with van der Waals surface area (Å²) in [4.78, 5) is 25.9. The van der Waals surface area contributed by atoms with Gasteiger partial charge in [0, 0.05) is 6.61 Å². The second-order valence-corrected chi connectivity index (χ2v) is 19.3. The van der Waals surface area contributed by atoms with Crippen molar-refractivity contribution in [1.29, 1.82) is 0 Å². The van der Waals surface area contributed by atoms with Gasteiger partial charge in [-0.05, 0) is 19.3 Å². The summed E-state index contributed by atoms with van der Waals surface area (Å²) < 4.78 is 35.5. The van der Waals surface area contributed by atoms with Crippen LogP contribution in [0.15, 0.2) is 0 Å². The Morgan fingerprint density at radius 2 is 0.857 bits per heavy atom. The molecule has 0 N–H and O–H groups in total. The van der Waals surface area contributed by atoms with Gasteiger partial charge in [-0.1, -0.05) is 213 Å². The normalized spacial score (nSPS) is 14.2. The van der Waals surface area contributed by atoms with Crippen LogP contribution in [-0.2, 0) is 27.9 Å². The van der Waals surface area contributed by atoms with Gasteiger partial charge in [0.15, 0.2) is 0 Å². The summed E-state index contributed by atoms with van der Waals surface area (Å²) in [6, 6.07) is 0. The number of rotatable bonds is 45. The minimum atomic E-state index is -4.51. The zero-order chi connectivity index (χ0) is 41.4. The van der Waals surface area contributed by atoms with Gasteiger partial charge in [-0.15, -0.1) is 0 Å². The smallest absolute Gasteiger partial charge is 0.309 e. The first-order valence-electron chi connectivity index (χ1n) is 24.2. The first-order valence-corrected chi connectivity index (χ1v) is 25.7. The molecular weight excluding hydrogens is 721 g/mol. The van der Waals surface area contributed by atoms with Crippen LogP contribution in [0.3, 0.4) is 0 Å². The van der Waals surface area contributed by atoms with Gasteiger partial charge in [0.1, 0.15) is 25.9 Å². The molecule has 0 saturated carbocycles. The molecule has 0 rings (SSSR count). The number of ether oxygens (including phenoxy) is 2. The molecule has 0 aliphatic rings. The Morgan fingerprint density at radius 3 is 1.27 bits per heavy atom. The van der Waals surface area contributed by atoms with Crippen LogP contribution in [0.5, 0.6) is 0 Å². The fourth-order valence-corrected chi connectivity index (χ4v) is 7.96. The van der Waals surface area contributed by atoms with Crippen molar-refractivity contribution >= 4 is 13.8 Å². The van der Waals surface area contributed by atoms with Crippen LogP contribution in [-0.4, -0.2) is 70.7 Å². The molecule has 0 heterocycles. The van der Waals surface area contributed by atoms with Gasteiger partial charge >= 0.3 is 5.97 Å². The van der Waals surface area contributed by atoms with E-state index < -0.39 is 13.9 Å². The molecule has 0 amide bonds. The first kappa shape index (κ1) is 55.5. The van der Waals surface area contributed by atoms with E-state index in [1.54, 1.807) is 0 Å². The standard InChI is InChI=1S/C47H96NO7P/c1-7-10-13-15-17-19-21-23-24-26-28-30-32-34-37-41-52-46(44-55-56(50,51)54-42-40-48(4,5)6)43-53-47(49)45(38-35-12-9-3)39-36-33-31-29-27-25-22-20-18-16-14-11-8-2/h45-46H,7-44H2,1-6H3/t45?,46-/m1/s1. The number of unbranched alkanes of at least 4 members (excludes halogenated alkanes) is 28. The predicted octanol–water partition coefficient (Wildman–Crippen LogP) is 13.7. The number of phosphoric acid groups is 1. The number of likely N-dealkylation sites (N-methyl/N-ethyl adjacent to an activating group) is 1. The van der Waals surface area contributed by atoms with Gasteiger partial charge in [-0.25, -0.2) is 0 Å². The molecule has 2 unspecified atom stereocenters. The Bertz CT molecular complexity index is 883. The maximum atomic E-state index is 13.4. The van der Waals surface area contributed by atoms with Crippen molar-refractivity contribution < 1.29 is 37.3 Å². The molecule has 0 aromatic carbocycles. The molecule has 0 saturated heterocycles. The number of quaternary nitrogens is 1. The molecule has 336 valence electrons. The zero-order valence-electron chi connectivity index (χ0n) is 38.3. The maximum absolute atomic E-state index is 13.4. The molecule has 9 heteroatoms. The maximum Gasteiger partial charge on any atom is 0.309 e. The van der Waals surface area contributed by atoms with E-state index in [1.165, 1.54) is 154 Å². The Hall–Kier alpha value is -0.500. The van der Waals surface area contributed by atoms with Crippen molar-refractivity contribution in [3.8, 4) is 0 Å². The molecule has 0 aromatic heterocycles. The highest BCUT2D eigenvalue weighted by atomic mass is 31.2. The van der Waals surface area contributed by atoms with Gasteiger partial charge in [-0.3, -0.25) is 9.36 Å². The van der Waals surface area contributed by atoms with Crippen LogP contribution < -0.4 is 4.89 Å². The van der Waals surface area contributed by atoms with E-state index in [0.29, 0.717) is 17.6 Å². The van der Waals surface area contributed by atoms with Crippen LogP contribution in [0.4, 0.5) is 0 Å². The Balaban J connectivity index is 4.68. The molecule has 0 fully saturated rings. The van der Waals surface area contributed by atoms with E-state index in [0.717, 1.165) is 57.8 Å². The number of carbonyl (C=O) groups excluding carboxylic acids is 1. The topological polar surface area (TPSA) is 94.1 Å². The number of esters is 1. The molecule has 3 atom stereocenters. The molecule has 0 bridgehead atoms. The van der Waals surface area contributed by atoms with Crippen LogP contribution in [0.2, 0.25) is 0 Å². The lowest BCUT2D eigenvalue weighted by atomic mass is 9.94. The summed E-state index contributed by atoms with van der Waals surface area (Å²) in [6.45, 7) is 7.54. The predicted molar refractivity (Wildman–Crippen MR) is 236 cm³/mol. The summed E-state index contributed by atoms with van der Waals surface area (Å²) in [5, 5.41) is 0. The highest BCUT2D eigenvalue weighted by Crippen LogP contribution is 2.38. The molecular formula is C47H96NO7P. The highest BCUT2D eigenvalue weighted by molar-refractivity contribution is 7.45. The fourth-order valence-electron chi connectivity index (χ4n) is 7.23. The lowest BCUT2D eigenvalue weighted by molar-refractivity contribution is -0.870. The minimum absolute atomic E-state index is 0.0145. The second kappa shape index (κ2) is 39.9. The average molecular weight is 818 g/mol. The summed E-state index contributed by atoms with van der Waals surface area (Å²) >= 11 is 0. The Labute approximate surface area is 348 Å². The molecule has 0 aromatic rings. The first-order chi connectivity index (χ1) is 27.0. The molecule has 56 heavy (non-hydrogen) atoms. The van der Waals surface area contributed by atoms with Crippen molar-refractivity contribution in [3.63, 3.8) is 0 Å². The zero-order valence-corrected chi connectivity index (χ0v) is 39.2. The summed E-state index contributed by atoms with van der Waals surface area (Å²) in [6.07, 6.45) is 40.6. The minimum Gasteiger partial charge on any atom is -0.756 e. The number of phosphoric ester groups is 1. The highest BCUT2D eigenvalue weighted by Gasteiger charge is 2.23. The van der Waals surface area contributed by atoms with Crippen molar-refractivity contribution in [2.75, 3.05) is 54.1 Å². The van der Waals surface area contributed by atoms with E-state index in [4.69, 9.17) is 18.5 Å². The van der Waals surface area contributed by atoms with Gasteiger partial charge in [0.05, 0.1) is 33.7 Å². The largest absolute Gasteiger partial charge is 0.756 e. The van der Waals surface area contributed by atoms with Crippen molar-refractivity contribution in [1.82, 2.24) is 0 Å². The van der Waals surface area contributed by atoms with Crippen molar-refractivity contribution in [2.24, 2.45) is 5.92 Å². The Kier molecular flexibility index (Phi) is 39.6. The lowest BCUT2D eigenvalue weighted by Crippen LogP contribution is -2.37. The molecule has 0 radical (unpaired) electrons. The van der Waals surface area contributed by atoms with E-state index in [2.05, 4.69) is 20.8 Å². The van der Waals surface area contributed by atoms with E-state index in [-0.39, 0.29) is 31.7 Å². The monoisotopic (exact) mass is 818 g/mol. The number of hydrogen-bond acceptors (Lipinski definition) is 7. The molecule has 0 spiro atoms. The van der Waals surface area contributed by atoms with Gasteiger partial charge in [0.2, 0.25) is 0 Å². The number of hydrogen-bond donors (Lipinski definition) is 0. The van der Waals surface area contributed by atoms with Crippen molar-refractivity contribution in [3.05, 3.63) is 0 Å². The molecule has 8 nitrogen and oxygen atoms in total. The van der Waals surface area contributed by atoms with Crippen LogP contribution in [0, 0.1) is 5.92 Å². The summed E-state index contributed by atoms with van der Waals surface area (Å²) in [5.41, 5.74) is 0. The van der Waals surface area contributed by atoms with Gasteiger partial charge in [-0.2, -0.15) is 0 Å². The van der Waals surface area contributed by atoms with Crippen LogP contribution >= 0.6 is 7.82 Å². The van der Waals surface area contributed by atoms with Gasteiger partial charge in [0.25, 0.3) is 7.82 Å².